The Labute approximate surface area is 81.3 Å². The van der Waals surface area contributed by atoms with E-state index in [1.807, 2.05) is 6.21 Å². The fraction of sp³-hybridized carbons (Fsp3) is 0.583. The van der Waals surface area contributed by atoms with Crippen molar-refractivity contribution in [3.05, 3.63) is 23.3 Å². The maximum atomic E-state index is 4.36. The molecule has 0 fully saturated rings. The van der Waals surface area contributed by atoms with E-state index in [0.29, 0.717) is 6.04 Å². The highest BCUT2D eigenvalue weighted by Crippen LogP contribution is 2.31. The van der Waals surface area contributed by atoms with E-state index in [1.54, 1.807) is 0 Å². The van der Waals surface area contributed by atoms with E-state index in [9.17, 15) is 0 Å². The van der Waals surface area contributed by atoms with Gasteiger partial charge in [-0.3, -0.25) is 4.99 Å². The summed E-state index contributed by atoms with van der Waals surface area (Å²) in [6.45, 7) is 11.0. The summed E-state index contributed by atoms with van der Waals surface area (Å²) >= 11 is 0. The van der Waals surface area contributed by atoms with E-state index in [0.717, 1.165) is 0 Å². The normalized spacial score (nSPS) is 23.6. The van der Waals surface area contributed by atoms with Crippen LogP contribution in [0.15, 0.2) is 28.3 Å². The first-order valence-electron chi connectivity index (χ1n) is 4.84. The fourth-order valence-electron chi connectivity index (χ4n) is 1.72. The molecule has 0 saturated carbocycles. The van der Waals surface area contributed by atoms with E-state index >= 15 is 0 Å². The largest absolute Gasteiger partial charge is 0.286 e. The highest BCUT2D eigenvalue weighted by Gasteiger charge is 2.19. The molecule has 0 spiro atoms. The van der Waals surface area contributed by atoms with Crippen molar-refractivity contribution in [1.29, 1.82) is 0 Å². The molecule has 72 valence electrons. The Bertz CT molecular complexity index is 274. The quantitative estimate of drug-likeness (QED) is 0.538. The number of allylic oxidation sites excluding steroid dienone is 3. The van der Waals surface area contributed by atoms with Gasteiger partial charge < -0.3 is 0 Å². The minimum Gasteiger partial charge on any atom is -0.286 e. The fourth-order valence-corrected chi connectivity index (χ4v) is 1.72. The predicted octanol–water partition coefficient (Wildman–Crippen LogP) is 3.38. The highest BCUT2D eigenvalue weighted by atomic mass is 14.7. The Morgan fingerprint density at radius 2 is 1.92 bits per heavy atom. The number of nitrogens with zero attached hydrogens (tertiary/aromatic N) is 1. The van der Waals surface area contributed by atoms with Crippen LogP contribution in [0, 0.1) is 5.41 Å². The number of hydrogen-bond acceptors (Lipinski definition) is 1. The van der Waals surface area contributed by atoms with Crippen molar-refractivity contribution < 1.29 is 0 Å². The van der Waals surface area contributed by atoms with E-state index in [1.165, 1.54) is 11.1 Å². The third kappa shape index (κ3) is 2.55. The van der Waals surface area contributed by atoms with Crippen LogP contribution in [0.25, 0.3) is 0 Å². The van der Waals surface area contributed by atoms with Crippen molar-refractivity contribution in [2.45, 2.75) is 40.7 Å². The summed E-state index contributed by atoms with van der Waals surface area (Å²) in [5, 5.41) is 0. The van der Waals surface area contributed by atoms with Crippen molar-refractivity contribution in [1.82, 2.24) is 0 Å². The summed E-state index contributed by atoms with van der Waals surface area (Å²) in [6.07, 6.45) is 6.29. The molecule has 0 saturated heterocycles. The van der Waals surface area contributed by atoms with Crippen LogP contribution in [0.3, 0.4) is 0 Å². The number of rotatable bonds is 0. The summed E-state index contributed by atoms with van der Waals surface area (Å²) in [5.41, 5.74) is 2.97. The Balaban J connectivity index is 3.05. The first-order chi connectivity index (χ1) is 5.91. The SMILES string of the molecule is CC1=C[C@H](C)N=CC=C1C(C)(C)C. The van der Waals surface area contributed by atoms with Crippen LogP contribution in [0.2, 0.25) is 0 Å². The second-order valence-corrected chi connectivity index (χ2v) is 4.72. The molecule has 1 rings (SSSR count). The van der Waals surface area contributed by atoms with Gasteiger partial charge in [0.15, 0.2) is 0 Å². The summed E-state index contributed by atoms with van der Waals surface area (Å²) in [5.74, 6) is 0. The van der Waals surface area contributed by atoms with Crippen molar-refractivity contribution in [3.63, 3.8) is 0 Å². The van der Waals surface area contributed by atoms with E-state index in [2.05, 4.69) is 51.8 Å². The van der Waals surface area contributed by atoms with Crippen LogP contribution in [0.4, 0.5) is 0 Å². The van der Waals surface area contributed by atoms with Gasteiger partial charge in [0.05, 0.1) is 6.04 Å². The van der Waals surface area contributed by atoms with Crippen LogP contribution in [0.1, 0.15) is 34.6 Å². The molecule has 0 unspecified atom stereocenters. The van der Waals surface area contributed by atoms with Gasteiger partial charge in [0.25, 0.3) is 0 Å². The maximum Gasteiger partial charge on any atom is 0.0657 e. The molecule has 0 amide bonds. The Morgan fingerprint density at radius 1 is 1.31 bits per heavy atom. The van der Waals surface area contributed by atoms with Crippen molar-refractivity contribution in [3.8, 4) is 0 Å². The summed E-state index contributed by atoms with van der Waals surface area (Å²) in [6, 6.07) is 0.316. The zero-order valence-corrected chi connectivity index (χ0v) is 9.26. The Morgan fingerprint density at radius 3 is 2.46 bits per heavy atom. The second kappa shape index (κ2) is 3.49. The Kier molecular flexibility index (Phi) is 2.74. The first-order valence-corrected chi connectivity index (χ1v) is 4.84. The third-order valence-electron chi connectivity index (χ3n) is 2.29. The molecule has 1 aliphatic rings. The molecule has 1 aliphatic heterocycles. The van der Waals surface area contributed by atoms with Gasteiger partial charge in [0.2, 0.25) is 0 Å². The molecule has 13 heavy (non-hydrogen) atoms. The molecule has 0 aliphatic carbocycles. The van der Waals surface area contributed by atoms with Crippen LogP contribution >= 0.6 is 0 Å². The molecule has 1 nitrogen and oxygen atoms in total. The van der Waals surface area contributed by atoms with Crippen LogP contribution in [0.5, 0.6) is 0 Å². The minimum atomic E-state index is 0.219. The lowest BCUT2D eigenvalue weighted by Gasteiger charge is -2.23. The molecule has 1 atom stereocenters. The number of aliphatic imine (C=N–C) groups is 1. The molecule has 0 aromatic carbocycles. The van der Waals surface area contributed by atoms with E-state index in [-0.39, 0.29) is 5.41 Å². The first kappa shape index (κ1) is 10.2. The molecule has 0 bridgehead atoms. The van der Waals surface area contributed by atoms with Gasteiger partial charge in [0, 0.05) is 6.21 Å². The van der Waals surface area contributed by atoms with Crippen molar-refractivity contribution >= 4 is 6.21 Å². The Hall–Kier alpha value is -0.850. The predicted molar refractivity (Wildman–Crippen MR) is 59.2 cm³/mol. The molecule has 0 aromatic heterocycles. The minimum absolute atomic E-state index is 0.219. The van der Waals surface area contributed by atoms with Gasteiger partial charge in [-0.1, -0.05) is 26.8 Å². The standard InChI is InChI=1S/C12H19N/c1-9-8-10(2)13-7-6-11(9)12(3,4)5/h6-8,10H,1-5H3/t10-/m0/s1. The molecule has 0 N–H and O–H groups in total. The summed E-state index contributed by atoms with van der Waals surface area (Å²) in [7, 11) is 0. The van der Waals surface area contributed by atoms with Gasteiger partial charge in [0.1, 0.15) is 0 Å². The highest BCUT2D eigenvalue weighted by molar-refractivity contribution is 5.75. The summed E-state index contributed by atoms with van der Waals surface area (Å²) in [4.78, 5) is 4.36. The van der Waals surface area contributed by atoms with Gasteiger partial charge in [-0.2, -0.15) is 0 Å². The zero-order chi connectivity index (χ0) is 10.1. The molecule has 1 heteroatoms. The third-order valence-corrected chi connectivity index (χ3v) is 2.29. The molecule has 0 aromatic rings. The zero-order valence-electron chi connectivity index (χ0n) is 9.26. The lowest BCUT2D eigenvalue weighted by molar-refractivity contribution is 0.511. The average molecular weight is 177 g/mol. The lowest BCUT2D eigenvalue weighted by atomic mass is 9.82. The van der Waals surface area contributed by atoms with Gasteiger partial charge in [-0.05, 0) is 36.5 Å². The monoisotopic (exact) mass is 177 g/mol. The van der Waals surface area contributed by atoms with Crippen LogP contribution in [-0.2, 0) is 0 Å². The van der Waals surface area contributed by atoms with Crippen molar-refractivity contribution in [2.75, 3.05) is 0 Å². The van der Waals surface area contributed by atoms with Gasteiger partial charge in [-0.25, -0.2) is 0 Å². The lowest BCUT2D eigenvalue weighted by Crippen LogP contribution is -2.10. The van der Waals surface area contributed by atoms with Crippen LogP contribution < -0.4 is 0 Å². The van der Waals surface area contributed by atoms with E-state index in [4.69, 9.17) is 0 Å². The van der Waals surface area contributed by atoms with Crippen LogP contribution in [-0.4, -0.2) is 12.3 Å². The topological polar surface area (TPSA) is 12.4 Å². The van der Waals surface area contributed by atoms with E-state index < -0.39 is 0 Å². The van der Waals surface area contributed by atoms with Gasteiger partial charge >= 0.3 is 0 Å². The molecular weight excluding hydrogens is 158 g/mol. The van der Waals surface area contributed by atoms with Crippen molar-refractivity contribution in [2.24, 2.45) is 10.4 Å². The molecule has 0 radical (unpaired) electrons. The maximum absolute atomic E-state index is 4.36. The smallest absolute Gasteiger partial charge is 0.0657 e. The average Bonchev–Trinajstić information content (AvgIpc) is 2.08. The number of hydrogen-bond donors (Lipinski definition) is 0. The second-order valence-electron chi connectivity index (χ2n) is 4.72. The van der Waals surface area contributed by atoms with Gasteiger partial charge in [-0.15, -0.1) is 0 Å². The molecular formula is C12H19N. The summed E-state index contributed by atoms with van der Waals surface area (Å²) < 4.78 is 0. The molecule has 1 heterocycles.